The molecule has 0 saturated carbocycles. The molecule has 2 aromatic rings. The number of rotatable bonds is 5. The van der Waals surface area contributed by atoms with E-state index in [2.05, 4.69) is 22.5 Å². The summed E-state index contributed by atoms with van der Waals surface area (Å²) in [7, 11) is 0. The van der Waals surface area contributed by atoms with E-state index in [-0.39, 0.29) is 18.2 Å². The van der Waals surface area contributed by atoms with Crippen LogP contribution in [0.25, 0.3) is 11.5 Å². The summed E-state index contributed by atoms with van der Waals surface area (Å²) in [4.78, 5) is 16.6. The van der Waals surface area contributed by atoms with Gasteiger partial charge in [0.2, 0.25) is 5.89 Å². The maximum absolute atomic E-state index is 12.3. The molecule has 0 radical (unpaired) electrons. The van der Waals surface area contributed by atoms with Crippen LogP contribution in [-0.2, 0) is 4.74 Å². The lowest BCUT2D eigenvalue weighted by Crippen LogP contribution is -2.44. The van der Waals surface area contributed by atoms with Crippen molar-refractivity contribution in [2.45, 2.75) is 45.3 Å². The Bertz CT molecular complexity index is 692. The average molecular weight is 329 g/mol. The third-order valence-electron chi connectivity index (χ3n) is 4.16. The fourth-order valence-corrected chi connectivity index (χ4v) is 2.93. The second-order valence-corrected chi connectivity index (χ2v) is 6.04. The standard InChI is InChI=1S/C18H23N3O3/c1-3-15(16-8-5-9-23-16)21-18(22)20-14-7-4-6-13(10-14)17-19-12(2)11-24-17/h4,6-7,10-11,15-16H,3,5,8-9H2,1-2H3,(H2,20,21,22)/t15-,16-/m0/s1. The highest BCUT2D eigenvalue weighted by Gasteiger charge is 2.25. The molecule has 0 spiro atoms. The average Bonchev–Trinajstić information content (AvgIpc) is 3.24. The van der Waals surface area contributed by atoms with E-state index < -0.39 is 0 Å². The fourth-order valence-electron chi connectivity index (χ4n) is 2.93. The number of nitrogens with one attached hydrogen (secondary N) is 2. The first kappa shape index (κ1) is 16.5. The second kappa shape index (κ2) is 7.49. The molecular weight excluding hydrogens is 306 g/mol. The molecule has 24 heavy (non-hydrogen) atoms. The van der Waals surface area contributed by atoms with Gasteiger partial charge in [0.15, 0.2) is 0 Å². The number of benzene rings is 1. The molecule has 2 amide bonds. The maximum Gasteiger partial charge on any atom is 0.319 e. The van der Waals surface area contributed by atoms with Crippen LogP contribution in [0, 0.1) is 6.92 Å². The lowest BCUT2D eigenvalue weighted by atomic mass is 10.1. The van der Waals surface area contributed by atoms with E-state index >= 15 is 0 Å². The first-order valence-corrected chi connectivity index (χ1v) is 8.37. The highest BCUT2D eigenvalue weighted by Crippen LogP contribution is 2.22. The van der Waals surface area contributed by atoms with Gasteiger partial charge in [-0.05, 0) is 44.4 Å². The van der Waals surface area contributed by atoms with Crippen LogP contribution in [0.15, 0.2) is 34.9 Å². The topological polar surface area (TPSA) is 76.4 Å². The third-order valence-corrected chi connectivity index (χ3v) is 4.16. The number of aromatic nitrogens is 1. The number of nitrogens with zero attached hydrogens (tertiary/aromatic N) is 1. The highest BCUT2D eigenvalue weighted by molar-refractivity contribution is 5.90. The van der Waals surface area contributed by atoms with E-state index in [0.29, 0.717) is 11.6 Å². The molecule has 128 valence electrons. The predicted molar refractivity (Wildman–Crippen MR) is 91.9 cm³/mol. The predicted octanol–water partition coefficient (Wildman–Crippen LogP) is 3.73. The summed E-state index contributed by atoms with van der Waals surface area (Å²) in [6.07, 6.45) is 4.62. The van der Waals surface area contributed by atoms with E-state index in [1.807, 2.05) is 31.2 Å². The molecule has 0 aliphatic carbocycles. The number of carbonyl (C=O) groups is 1. The number of carbonyl (C=O) groups excluding carboxylic acids is 1. The largest absolute Gasteiger partial charge is 0.444 e. The zero-order valence-corrected chi connectivity index (χ0v) is 14.0. The van der Waals surface area contributed by atoms with E-state index in [1.165, 1.54) is 0 Å². The van der Waals surface area contributed by atoms with Gasteiger partial charge in [-0.25, -0.2) is 9.78 Å². The van der Waals surface area contributed by atoms with Gasteiger partial charge in [0, 0.05) is 17.9 Å². The van der Waals surface area contributed by atoms with Crippen LogP contribution in [0.2, 0.25) is 0 Å². The van der Waals surface area contributed by atoms with Crippen molar-refractivity contribution in [2.24, 2.45) is 0 Å². The molecule has 0 bridgehead atoms. The molecule has 1 aliphatic heterocycles. The minimum absolute atomic E-state index is 0.0325. The number of anilines is 1. The van der Waals surface area contributed by atoms with Crippen LogP contribution < -0.4 is 10.6 Å². The number of oxazole rings is 1. The zero-order chi connectivity index (χ0) is 16.9. The molecule has 2 N–H and O–H groups in total. The van der Waals surface area contributed by atoms with Crippen molar-refractivity contribution in [1.82, 2.24) is 10.3 Å². The van der Waals surface area contributed by atoms with Gasteiger partial charge in [-0.1, -0.05) is 13.0 Å². The van der Waals surface area contributed by atoms with Gasteiger partial charge in [0.25, 0.3) is 0 Å². The number of urea groups is 1. The summed E-state index contributed by atoms with van der Waals surface area (Å²) in [6.45, 7) is 4.71. The van der Waals surface area contributed by atoms with Crippen molar-refractivity contribution < 1.29 is 13.9 Å². The monoisotopic (exact) mass is 329 g/mol. The molecule has 1 aliphatic rings. The van der Waals surface area contributed by atoms with Crippen LogP contribution in [0.1, 0.15) is 31.9 Å². The Hall–Kier alpha value is -2.34. The molecule has 6 nitrogen and oxygen atoms in total. The first-order valence-electron chi connectivity index (χ1n) is 8.37. The van der Waals surface area contributed by atoms with Crippen molar-refractivity contribution in [3.8, 4) is 11.5 Å². The Kier molecular flexibility index (Phi) is 5.15. The van der Waals surface area contributed by atoms with Crippen molar-refractivity contribution >= 4 is 11.7 Å². The smallest absolute Gasteiger partial charge is 0.319 e. The molecule has 1 saturated heterocycles. The van der Waals surface area contributed by atoms with Crippen molar-refractivity contribution in [1.29, 1.82) is 0 Å². The van der Waals surface area contributed by atoms with Gasteiger partial charge in [-0.3, -0.25) is 0 Å². The Balaban J connectivity index is 1.63. The van der Waals surface area contributed by atoms with Gasteiger partial charge in [0.1, 0.15) is 6.26 Å². The summed E-state index contributed by atoms with van der Waals surface area (Å²) in [5.74, 6) is 0.544. The molecule has 3 rings (SSSR count). The molecule has 6 heteroatoms. The molecule has 2 atom stereocenters. The van der Waals surface area contributed by atoms with Crippen molar-refractivity contribution in [2.75, 3.05) is 11.9 Å². The molecular formula is C18H23N3O3. The molecule has 2 heterocycles. The van der Waals surface area contributed by atoms with Gasteiger partial charge in [-0.2, -0.15) is 0 Å². The van der Waals surface area contributed by atoms with E-state index in [9.17, 15) is 4.79 Å². The molecule has 1 aromatic carbocycles. The van der Waals surface area contributed by atoms with E-state index in [1.54, 1.807) is 6.26 Å². The Morgan fingerprint density at radius 1 is 1.46 bits per heavy atom. The van der Waals surface area contributed by atoms with Gasteiger partial charge in [-0.15, -0.1) is 0 Å². The quantitative estimate of drug-likeness (QED) is 0.876. The van der Waals surface area contributed by atoms with Gasteiger partial charge in [0.05, 0.1) is 17.8 Å². The summed E-state index contributed by atoms with van der Waals surface area (Å²) in [6, 6.07) is 7.25. The SMILES string of the molecule is CC[C@H](NC(=O)Nc1cccc(-c2nc(C)co2)c1)[C@@H]1CCCO1. The summed E-state index contributed by atoms with van der Waals surface area (Å²) < 4.78 is 11.1. The second-order valence-electron chi connectivity index (χ2n) is 6.04. The fraction of sp³-hybridized carbons (Fsp3) is 0.444. The number of aryl methyl sites for hydroxylation is 1. The maximum atomic E-state index is 12.3. The van der Waals surface area contributed by atoms with E-state index in [0.717, 1.165) is 37.1 Å². The third kappa shape index (κ3) is 3.94. The Morgan fingerprint density at radius 2 is 2.33 bits per heavy atom. The summed E-state index contributed by atoms with van der Waals surface area (Å²) in [5, 5.41) is 5.88. The molecule has 1 aromatic heterocycles. The van der Waals surface area contributed by atoms with Gasteiger partial charge >= 0.3 is 6.03 Å². The van der Waals surface area contributed by atoms with Crippen LogP contribution in [0.3, 0.4) is 0 Å². The molecule has 1 fully saturated rings. The molecule has 0 unspecified atom stereocenters. The summed E-state index contributed by atoms with van der Waals surface area (Å²) >= 11 is 0. The van der Waals surface area contributed by atoms with Crippen LogP contribution in [0.4, 0.5) is 10.5 Å². The number of amides is 2. The van der Waals surface area contributed by atoms with Gasteiger partial charge < -0.3 is 19.8 Å². The number of hydrogen-bond donors (Lipinski definition) is 2. The van der Waals surface area contributed by atoms with Crippen LogP contribution >= 0.6 is 0 Å². The lowest BCUT2D eigenvalue weighted by molar-refractivity contribution is 0.0804. The Morgan fingerprint density at radius 3 is 3.00 bits per heavy atom. The summed E-state index contributed by atoms with van der Waals surface area (Å²) in [5.41, 5.74) is 2.35. The number of ether oxygens (including phenoxy) is 1. The van der Waals surface area contributed by atoms with Crippen LogP contribution in [-0.4, -0.2) is 29.8 Å². The first-order chi connectivity index (χ1) is 11.7. The minimum Gasteiger partial charge on any atom is -0.444 e. The zero-order valence-electron chi connectivity index (χ0n) is 14.0. The highest BCUT2D eigenvalue weighted by atomic mass is 16.5. The van der Waals surface area contributed by atoms with E-state index in [4.69, 9.17) is 9.15 Å². The lowest BCUT2D eigenvalue weighted by Gasteiger charge is -2.23. The van der Waals surface area contributed by atoms with Crippen molar-refractivity contribution in [3.05, 3.63) is 36.2 Å². The van der Waals surface area contributed by atoms with Crippen LogP contribution in [0.5, 0.6) is 0 Å². The number of hydrogen-bond acceptors (Lipinski definition) is 4. The normalized spacial score (nSPS) is 18.3. The van der Waals surface area contributed by atoms with Crippen molar-refractivity contribution in [3.63, 3.8) is 0 Å². The Labute approximate surface area is 141 Å². The minimum atomic E-state index is -0.224.